The summed E-state index contributed by atoms with van der Waals surface area (Å²) >= 11 is 2.11. The molecule has 0 bridgehead atoms. The van der Waals surface area contributed by atoms with Crippen LogP contribution < -0.4 is 14.8 Å². The molecule has 2 amide bonds. The molecular formula is C32H47IN2O7. The van der Waals surface area contributed by atoms with Crippen molar-refractivity contribution < 1.29 is 34.4 Å². The number of carbonyl (C=O) groups is 2. The summed E-state index contributed by atoms with van der Waals surface area (Å²) in [7, 11) is 1.51. The van der Waals surface area contributed by atoms with Crippen molar-refractivity contribution in [3.05, 3.63) is 32.9 Å². The fraction of sp³-hybridized carbons (Fsp3) is 0.688. The number of carbonyl (C=O) groups excluding carboxylic acids is 2. The van der Waals surface area contributed by atoms with Crippen LogP contribution >= 0.6 is 22.6 Å². The van der Waals surface area contributed by atoms with Crippen molar-refractivity contribution in [3.63, 3.8) is 0 Å². The summed E-state index contributed by atoms with van der Waals surface area (Å²) in [6.07, 6.45) is 12.1. The maximum atomic E-state index is 14.1. The third-order valence-corrected chi connectivity index (χ3v) is 9.85. The Kier molecular flexibility index (Phi) is 12.8. The predicted octanol–water partition coefficient (Wildman–Crippen LogP) is 4.23. The van der Waals surface area contributed by atoms with E-state index in [0.717, 1.165) is 44.9 Å². The second-order valence-corrected chi connectivity index (χ2v) is 13.1. The van der Waals surface area contributed by atoms with Crippen LogP contribution in [0.3, 0.4) is 0 Å². The molecule has 10 heteroatoms. The standard InChI is InChI=1S/C32H47IN2O7/c1-41-28-17-22(20-37)16-25(33)31(28)42-27-19-23(32(40)34-14-15-36)18-26(30(27)39)35(24-10-4-2-3-5-11-24)29(38)13-12-21-8-6-7-9-21/h16-17,19,21,24,26-27,30,36-37,39H,2-15,18,20H2,1H3,(H,34,40). The van der Waals surface area contributed by atoms with Crippen LogP contribution in [0.1, 0.15) is 89.0 Å². The quantitative estimate of drug-likeness (QED) is 0.190. The number of halogens is 1. The fourth-order valence-electron chi connectivity index (χ4n) is 6.81. The van der Waals surface area contributed by atoms with Crippen LogP contribution in [-0.4, -0.2) is 76.6 Å². The first kappa shape index (κ1) is 33.0. The number of hydrogen-bond acceptors (Lipinski definition) is 7. The topological polar surface area (TPSA) is 129 Å². The Balaban J connectivity index is 1.67. The monoisotopic (exact) mass is 698 g/mol. The lowest BCUT2D eigenvalue weighted by Gasteiger charge is -2.44. The van der Waals surface area contributed by atoms with Crippen molar-refractivity contribution in [3.8, 4) is 11.5 Å². The van der Waals surface area contributed by atoms with Crippen LogP contribution in [0.2, 0.25) is 0 Å². The van der Waals surface area contributed by atoms with Gasteiger partial charge in [-0.1, -0.05) is 51.4 Å². The first-order valence-electron chi connectivity index (χ1n) is 15.6. The molecular weight excluding hydrogens is 651 g/mol. The lowest BCUT2D eigenvalue weighted by molar-refractivity contribution is -0.143. The highest BCUT2D eigenvalue weighted by Gasteiger charge is 2.43. The largest absolute Gasteiger partial charge is 0.493 e. The van der Waals surface area contributed by atoms with E-state index in [2.05, 4.69) is 27.9 Å². The summed E-state index contributed by atoms with van der Waals surface area (Å²) in [5.41, 5.74) is 1.09. The van der Waals surface area contributed by atoms with E-state index >= 15 is 0 Å². The van der Waals surface area contributed by atoms with E-state index in [-0.39, 0.29) is 44.0 Å². The number of ether oxygens (including phenoxy) is 2. The maximum absolute atomic E-state index is 14.1. The van der Waals surface area contributed by atoms with Crippen LogP contribution in [0.4, 0.5) is 0 Å². The molecule has 1 aromatic rings. The summed E-state index contributed by atoms with van der Waals surface area (Å²) in [5, 5.41) is 33.6. The zero-order valence-electron chi connectivity index (χ0n) is 24.7. The van der Waals surface area contributed by atoms with Gasteiger partial charge in [-0.05, 0) is 71.5 Å². The molecule has 3 aliphatic carbocycles. The molecule has 2 saturated carbocycles. The van der Waals surface area contributed by atoms with Gasteiger partial charge in [-0.15, -0.1) is 0 Å². The number of amides is 2. The van der Waals surface area contributed by atoms with Gasteiger partial charge in [0.1, 0.15) is 12.2 Å². The number of aliphatic hydroxyl groups is 3. The number of nitrogens with zero attached hydrogens (tertiary/aromatic N) is 1. The molecule has 4 rings (SSSR count). The van der Waals surface area contributed by atoms with Crippen molar-refractivity contribution in [2.75, 3.05) is 20.3 Å². The molecule has 0 spiro atoms. The van der Waals surface area contributed by atoms with Crippen molar-refractivity contribution in [2.24, 2.45) is 5.92 Å². The maximum Gasteiger partial charge on any atom is 0.247 e. The smallest absolute Gasteiger partial charge is 0.247 e. The van der Waals surface area contributed by atoms with Crippen LogP contribution in [0, 0.1) is 9.49 Å². The summed E-state index contributed by atoms with van der Waals surface area (Å²) in [4.78, 5) is 29.2. The van der Waals surface area contributed by atoms with Gasteiger partial charge in [0, 0.05) is 31.0 Å². The molecule has 0 saturated heterocycles. The number of benzene rings is 1. The second kappa shape index (κ2) is 16.3. The highest BCUT2D eigenvalue weighted by molar-refractivity contribution is 14.1. The second-order valence-electron chi connectivity index (χ2n) is 11.9. The van der Waals surface area contributed by atoms with Gasteiger partial charge in [0.15, 0.2) is 11.5 Å². The van der Waals surface area contributed by atoms with E-state index in [9.17, 15) is 24.9 Å². The molecule has 0 aromatic heterocycles. The average Bonchev–Trinajstić information content (AvgIpc) is 3.38. The minimum Gasteiger partial charge on any atom is -0.493 e. The molecule has 3 unspecified atom stereocenters. The summed E-state index contributed by atoms with van der Waals surface area (Å²) in [6.45, 7) is -0.240. The minimum absolute atomic E-state index is 0.00207. The summed E-state index contributed by atoms with van der Waals surface area (Å²) < 4.78 is 12.7. The van der Waals surface area contributed by atoms with E-state index in [1.54, 1.807) is 18.2 Å². The Morgan fingerprint density at radius 3 is 2.38 bits per heavy atom. The lowest BCUT2D eigenvalue weighted by Crippen LogP contribution is -2.58. The molecule has 3 atom stereocenters. The third-order valence-electron chi connectivity index (χ3n) is 9.04. The Hall–Kier alpha value is -1.89. The Labute approximate surface area is 263 Å². The zero-order valence-corrected chi connectivity index (χ0v) is 26.9. The fourth-order valence-corrected chi connectivity index (χ4v) is 7.61. The molecule has 0 radical (unpaired) electrons. The number of hydrogen-bond donors (Lipinski definition) is 4. The van der Waals surface area contributed by atoms with E-state index in [0.29, 0.717) is 38.5 Å². The molecule has 1 aromatic carbocycles. The van der Waals surface area contributed by atoms with Crippen molar-refractivity contribution in [1.82, 2.24) is 10.2 Å². The lowest BCUT2D eigenvalue weighted by atomic mass is 9.86. The number of nitrogens with one attached hydrogen (secondary N) is 1. The molecule has 42 heavy (non-hydrogen) atoms. The van der Waals surface area contributed by atoms with Gasteiger partial charge in [0.25, 0.3) is 0 Å². The highest BCUT2D eigenvalue weighted by atomic mass is 127. The van der Waals surface area contributed by atoms with E-state index in [4.69, 9.17) is 9.47 Å². The number of aliphatic hydroxyl groups excluding tert-OH is 3. The highest BCUT2D eigenvalue weighted by Crippen LogP contribution is 2.38. The van der Waals surface area contributed by atoms with E-state index in [1.807, 2.05) is 4.90 Å². The molecule has 3 aliphatic rings. The third kappa shape index (κ3) is 8.39. The number of rotatable bonds is 12. The van der Waals surface area contributed by atoms with Crippen LogP contribution in [0.15, 0.2) is 23.8 Å². The van der Waals surface area contributed by atoms with Gasteiger partial charge < -0.3 is 35.0 Å². The average molecular weight is 699 g/mol. The zero-order chi connectivity index (χ0) is 30.1. The Bertz CT molecular complexity index is 1080. The SMILES string of the molecule is COc1cc(CO)cc(I)c1OC1C=C(C(=O)NCCO)CC(N(C(=O)CCC2CCCC2)C2CCCCCC2)C1O. The molecule has 9 nitrogen and oxygen atoms in total. The molecule has 0 aliphatic heterocycles. The Morgan fingerprint density at radius 1 is 1.05 bits per heavy atom. The van der Waals surface area contributed by atoms with Gasteiger partial charge in [-0.3, -0.25) is 9.59 Å². The molecule has 2 fully saturated rings. The molecule has 234 valence electrons. The van der Waals surface area contributed by atoms with E-state index in [1.165, 1.54) is 32.8 Å². The summed E-state index contributed by atoms with van der Waals surface area (Å²) in [5.74, 6) is 1.10. The van der Waals surface area contributed by atoms with Crippen molar-refractivity contribution in [2.45, 2.75) is 114 Å². The van der Waals surface area contributed by atoms with Crippen molar-refractivity contribution in [1.29, 1.82) is 0 Å². The van der Waals surface area contributed by atoms with Gasteiger partial charge in [-0.25, -0.2) is 0 Å². The predicted molar refractivity (Wildman–Crippen MR) is 168 cm³/mol. The van der Waals surface area contributed by atoms with Crippen LogP contribution in [0.5, 0.6) is 11.5 Å². The minimum atomic E-state index is -1.07. The molecule has 0 heterocycles. The first-order valence-corrected chi connectivity index (χ1v) is 16.7. The van der Waals surface area contributed by atoms with Gasteiger partial charge in [0.05, 0.1) is 29.9 Å². The van der Waals surface area contributed by atoms with E-state index < -0.39 is 18.2 Å². The first-order chi connectivity index (χ1) is 20.4. The van der Waals surface area contributed by atoms with Gasteiger partial charge >= 0.3 is 0 Å². The van der Waals surface area contributed by atoms with Crippen LogP contribution in [-0.2, 0) is 16.2 Å². The van der Waals surface area contributed by atoms with Crippen molar-refractivity contribution >= 4 is 34.4 Å². The van der Waals surface area contributed by atoms with Gasteiger partial charge in [0.2, 0.25) is 11.8 Å². The van der Waals surface area contributed by atoms with Crippen LogP contribution in [0.25, 0.3) is 0 Å². The summed E-state index contributed by atoms with van der Waals surface area (Å²) in [6, 6.07) is 2.85. The Morgan fingerprint density at radius 2 is 1.74 bits per heavy atom. The molecule has 4 N–H and O–H groups in total. The van der Waals surface area contributed by atoms with Gasteiger partial charge in [-0.2, -0.15) is 0 Å². The normalized spacial score (nSPS) is 23.6. The number of methoxy groups -OCH3 is 1.